The van der Waals surface area contributed by atoms with E-state index in [1.165, 1.54) is 48.0 Å². The van der Waals surface area contributed by atoms with E-state index in [4.69, 9.17) is 24.7 Å². The summed E-state index contributed by atoms with van der Waals surface area (Å²) in [5, 5.41) is 20.1. The van der Waals surface area contributed by atoms with E-state index in [0.717, 1.165) is 46.9 Å². The van der Waals surface area contributed by atoms with Crippen molar-refractivity contribution in [2.75, 3.05) is 43.9 Å². The van der Waals surface area contributed by atoms with E-state index < -0.39 is 37.4 Å². The molecule has 2 aliphatic heterocycles. The Morgan fingerprint density at radius 3 is 1.48 bits per heavy atom. The summed E-state index contributed by atoms with van der Waals surface area (Å²) in [6.45, 7) is 1.99. The van der Waals surface area contributed by atoms with Crippen LogP contribution in [0, 0.1) is 11.6 Å². The van der Waals surface area contributed by atoms with Crippen molar-refractivity contribution in [3.05, 3.63) is 95.7 Å². The number of nitrogens with zero attached hydrogens (tertiary/aromatic N) is 10. The predicted molar refractivity (Wildman–Crippen MR) is 300 cm³/mol. The van der Waals surface area contributed by atoms with Crippen LogP contribution in [-0.2, 0) is 20.0 Å². The van der Waals surface area contributed by atoms with Gasteiger partial charge in [-0.15, -0.1) is 69.9 Å². The second kappa shape index (κ2) is 22.7. The van der Waals surface area contributed by atoms with Gasteiger partial charge in [0.25, 0.3) is 0 Å². The van der Waals surface area contributed by atoms with Gasteiger partial charge in [0.05, 0.1) is 40.4 Å². The molecule has 8 heterocycles. The number of methoxy groups -OCH3 is 1. The number of piperidine rings is 2. The third-order valence-corrected chi connectivity index (χ3v) is 19.5. The minimum Gasteiger partial charge on any atom is -0.505 e. The van der Waals surface area contributed by atoms with Crippen molar-refractivity contribution in [3.8, 4) is 56.8 Å². The van der Waals surface area contributed by atoms with Crippen LogP contribution in [0.3, 0.4) is 0 Å². The molecule has 8 aromatic rings. The molecule has 394 valence electrons. The number of phenolic OH excluding ortho intramolecular Hbond substituents is 1. The number of rotatable bonds is 13. The summed E-state index contributed by atoms with van der Waals surface area (Å²) in [6.07, 6.45) is 13.0. The van der Waals surface area contributed by atoms with Crippen LogP contribution in [-0.4, -0.2) is 128 Å². The molecule has 2 aromatic carbocycles. The van der Waals surface area contributed by atoms with Gasteiger partial charge in [-0.1, -0.05) is 0 Å². The van der Waals surface area contributed by atoms with Crippen molar-refractivity contribution in [2.24, 2.45) is 0 Å². The molecule has 0 bridgehead atoms. The molecule has 0 atom stereocenters. The van der Waals surface area contributed by atoms with Crippen LogP contribution in [0.25, 0.3) is 55.2 Å². The van der Waals surface area contributed by atoms with Crippen LogP contribution >= 0.6 is 69.9 Å². The Balaban J connectivity index is 0.000000160. The van der Waals surface area contributed by atoms with E-state index in [1.54, 1.807) is 45.3 Å². The summed E-state index contributed by atoms with van der Waals surface area (Å²) in [7, 11) is -4.86. The number of hydrogen-bond acceptors (Lipinski definition) is 16. The zero-order valence-corrected chi connectivity index (χ0v) is 48.0. The first-order chi connectivity index (χ1) is 36.1. The third-order valence-electron chi connectivity index (χ3n) is 13.2. The highest BCUT2D eigenvalue weighted by Crippen LogP contribution is 2.39. The number of anilines is 2. The third kappa shape index (κ3) is 12.1. The van der Waals surface area contributed by atoms with Gasteiger partial charge in [-0.3, -0.25) is 8.80 Å². The fraction of sp³-hybridized carbons (Fsp3) is 0.362. The molecule has 0 unspecified atom stereocenters. The topological polar surface area (TPSA) is 214 Å². The maximum Gasteiger partial charge on any atom is 0.369 e. The Morgan fingerprint density at radius 1 is 0.640 bits per heavy atom. The summed E-state index contributed by atoms with van der Waals surface area (Å²) >= 11 is 12.3. The summed E-state index contributed by atoms with van der Waals surface area (Å²) < 4.78 is 90.3. The van der Waals surface area contributed by atoms with Crippen LogP contribution < -0.4 is 15.4 Å². The quantitative estimate of drug-likeness (QED) is 0.0917. The molecule has 75 heavy (non-hydrogen) atoms. The lowest BCUT2D eigenvalue weighted by molar-refractivity contribution is 0.328. The Bertz CT molecular complexity index is 3560. The van der Waals surface area contributed by atoms with Crippen molar-refractivity contribution in [2.45, 2.75) is 74.0 Å². The van der Waals surface area contributed by atoms with E-state index in [-0.39, 0.29) is 31.5 Å². The molecule has 0 radical (unpaired) electrons. The normalized spacial score (nSPS) is 17.0. The maximum absolute atomic E-state index is 14.0. The molecule has 2 saturated heterocycles. The lowest BCUT2D eigenvalue weighted by Gasteiger charge is -2.31. The molecular formula is C47H48BBr3F2N12O6S4. The predicted octanol–water partition coefficient (Wildman–Crippen LogP) is 9.92. The average molecular weight is 1290 g/mol. The fourth-order valence-corrected chi connectivity index (χ4v) is 14.3. The first-order valence-corrected chi connectivity index (χ1v) is 31.4. The molecule has 0 spiro atoms. The van der Waals surface area contributed by atoms with Crippen LogP contribution in [0.5, 0.6) is 11.5 Å². The summed E-state index contributed by atoms with van der Waals surface area (Å²) in [6, 6.07) is 12.6. The second-order valence-corrected chi connectivity index (χ2v) is 30.8. The van der Waals surface area contributed by atoms with Crippen LogP contribution in [0.15, 0.2) is 84.1 Å². The van der Waals surface area contributed by atoms with Crippen molar-refractivity contribution in [1.82, 2.24) is 47.3 Å². The van der Waals surface area contributed by atoms with Crippen molar-refractivity contribution < 1.29 is 35.5 Å². The zero-order valence-electron chi connectivity index (χ0n) is 39.9. The molecular weight excluding hydrogens is 1250 g/mol. The number of aromatic hydroxyl groups is 1. The zero-order chi connectivity index (χ0) is 52.6. The van der Waals surface area contributed by atoms with Crippen LogP contribution in [0.2, 0.25) is 0 Å². The minimum absolute atomic E-state index is 0.0658. The van der Waals surface area contributed by atoms with Gasteiger partial charge < -0.3 is 20.5 Å². The Labute approximate surface area is 464 Å². The lowest BCUT2D eigenvalue weighted by atomic mass is 10.1. The van der Waals surface area contributed by atoms with Gasteiger partial charge in [0.2, 0.25) is 31.9 Å². The van der Waals surface area contributed by atoms with E-state index in [2.05, 4.69) is 67.9 Å². The Kier molecular flexibility index (Phi) is 16.3. The van der Waals surface area contributed by atoms with Gasteiger partial charge in [0.15, 0.2) is 33.1 Å². The van der Waals surface area contributed by atoms with Gasteiger partial charge in [-0.2, -0.15) is 0 Å². The molecule has 2 aliphatic carbocycles. The van der Waals surface area contributed by atoms with E-state index in [0.29, 0.717) is 97.8 Å². The first-order valence-electron chi connectivity index (χ1n) is 23.9. The molecule has 18 nitrogen and oxygen atoms in total. The van der Waals surface area contributed by atoms with Gasteiger partial charge in [0.1, 0.15) is 11.4 Å². The number of fused-ring (bicyclic) bond motifs is 2. The highest BCUT2D eigenvalue weighted by atomic mass is 79.9. The number of halogens is 5. The number of ether oxygens (including phenoxy) is 1. The number of nitrogens with one attached hydrogen (secondary N) is 2. The molecule has 4 aliphatic rings. The first kappa shape index (κ1) is 53.7. The Hall–Kier alpha value is -4.68. The lowest BCUT2D eigenvalue weighted by Crippen LogP contribution is -2.43. The van der Waals surface area contributed by atoms with Crippen molar-refractivity contribution >= 4 is 115 Å². The molecule has 12 rings (SSSR count). The van der Waals surface area contributed by atoms with Gasteiger partial charge in [-0.05, 0) is 99.9 Å². The van der Waals surface area contributed by atoms with Gasteiger partial charge in [0, 0.05) is 84.9 Å². The second-order valence-electron chi connectivity index (χ2n) is 18.1. The van der Waals surface area contributed by atoms with Gasteiger partial charge in [-0.25, -0.2) is 64.1 Å². The summed E-state index contributed by atoms with van der Waals surface area (Å²) in [5.74, 6) is -0.498. The number of thiazole rings is 2. The molecule has 3 N–H and O–H groups in total. The molecule has 6 aromatic heterocycles. The molecule has 4 fully saturated rings. The molecule has 28 heteroatoms. The number of hydrogen-bond donors (Lipinski definition) is 3. The average Bonchev–Trinajstić information content (AvgIpc) is 4.29. The molecule has 2 saturated carbocycles. The van der Waals surface area contributed by atoms with E-state index in [1.807, 2.05) is 38.0 Å². The Morgan fingerprint density at radius 2 is 1.07 bits per heavy atom. The van der Waals surface area contributed by atoms with Crippen LogP contribution in [0.1, 0.15) is 51.4 Å². The van der Waals surface area contributed by atoms with Gasteiger partial charge >= 0.3 is 3.18 Å². The number of phenols is 1. The summed E-state index contributed by atoms with van der Waals surface area (Å²) in [4.78, 5) is 29.3. The van der Waals surface area contributed by atoms with Crippen LogP contribution in [0.4, 0.5) is 20.7 Å². The highest BCUT2D eigenvalue weighted by Gasteiger charge is 2.42. The molecule has 0 amide bonds. The number of imidazole rings is 2. The highest BCUT2D eigenvalue weighted by molar-refractivity contribution is 9.69. The standard InChI is InChI=1S/C24H25FN6O3S2.C23H23FN6O3S2.BBr3/c1-34-20-14-15(2-5-18(20)25)21-22(31-12-13-35-24(31)29-21)19-6-9-26-23(28-19)27-16-7-10-30(11-8-16)36(32,33)17-3-4-17;24-17-4-1-14(13-19(17)31)20-21(30-11-12-34-23(30)28-20)18-5-8-25-22(27-18)26-15-6-9-29(10-7-15)35(32,33)16-2-3-16;2-1(3)4/h2,5-6,9,12-14,16-17H,3-4,7-8,10-11H2,1H3,(H,26,27,28);1,4-5,8,11-13,15-16,31H,2-3,6-7,9-10H2,(H,25,26,27);. The number of sulfonamides is 2. The van der Waals surface area contributed by atoms with Crippen molar-refractivity contribution in [1.29, 1.82) is 0 Å². The maximum atomic E-state index is 14.0. The number of aromatic nitrogens is 8. The smallest absolute Gasteiger partial charge is 0.369 e. The van der Waals surface area contributed by atoms with E-state index in [9.17, 15) is 30.7 Å². The monoisotopic (exact) mass is 1290 g/mol. The number of benzene rings is 2. The van der Waals surface area contributed by atoms with E-state index >= 15 is 0 Å². The largest absolute Gasteiger partial charge is 0.505 e. The SMILES string of the molecule is BrB(Br)Br.COc1cc(-c2nc3sccn3c2-c2ccnc(NC3CCN(S(=O)(=O)C4CC4)CC3)n2)ccc1F.O=S(=O)(C1CC1)N1CCC(Nc2nccc(-c3c(-c4ccc(F)c(O)c4)nc4sccn34)n2)CC1. The minimum atomic E-state index is -3.15. The van der Waals surface area contributed by atoms with Crippen molar-refractivity contribution in [3.63, 3.8) is 0 Å². The summed E-state index contributed by atoms with van der Waals surface area (Å²) in [5.41, 5.74) is 5.33. The fourth-order valence-electron chi connectivity index (χ4n) is 9.08.